The maximum Gasteiger partial charge on any atom is 0.243 e. The normalized spacial score (nSPS) is 22.1. The molecule has 4 nitrogen and oxygen atoms in total. The number of nitrogens with zero attached hydrogens (tertiary/aromatic N) is 1. The second-order valence-electron chi connectivity index (χ2n) is 4.99. The Bertz CT molecular complexity index is 540. The molecule has 1 fully saturated rings. The van der Waals surface area contributed by atoms with Crippen LogP contribution in [-0.4, -0.2) is 38.4 Å². The molecule has 0 radical (unpaired) electrons. The summed E-state index contributed by atoms with van der Waals surface area (Å²) in [6.07, 6.45) is 0. The molecule has 100 valence electrons. The molecule has 0 aliphatic carbocycles. The molecule has 1 atom stereocenters. The van der Waals surface area contributed by atoms with Gasteiger partial charge in [-0.25, -0.2) is 8.42 Å². The van der Waals surface area contributed by atoms with Crippen molar-refractivity contribution in [2.24, 2.45) is 0 Å². The summed E-state index contributed by atoms with van der Waals surface area (Å²) in [5, 5.41) is 3.26. The van der Waals surface area contributed by atoms with E-state index in [2.05, 4.69) is 5.32 Å². The van der Waals surface area contributed by atoms with E-state index in [1.165, 1.54) is 0 Å². The molecule has 0 aromatic heterocycles. The highest BCUT2D eigenvalue weighted by Crippen LogP contribution is 2.22. The van der Waals surface area contributed by atoms with Crippen molar-refractivity contribution in [3.05, 3.63) is 29.3 Å². The largest absolute Gasteiger partial charge is 0.312 e. The van der Waals surface area contributed by atoms with Crippen molar-refractivity contribution >= 4 is 10.0 Å². The van der Waals surface area contributed by atoms with Crippen LogP contribution in [0.25, 0.3) is 0 Å². The molecule has 0 bridgehead atoms. The number of hydrogen-bond acceptors (Lipinski definition) is 3. The van der Waals surface area contributed by atoms with E-state index in [1.54, 1.807) is 10.4 Å². The smallest absolute Gasteiger partial charge is 0.243 e. The van der Waals surface area contributed by atoms with Crippen LogP contribution in [0.5, 0.6) is 0 Å². The Morgan fingerprint density at radius 3 is 2.72 bits per heavy atom. The lowest BCUT2D eigenvalue weighted by atomic mass is 10.2. The summed E-state index contributed by atoms with van der Waals surface area (Å²) in [6, 6.07) is 5.78. The molecule has 0 spiro atoms. The van der Waals surface area contributed by atoms with Crippen LogP contribution in [0.4, 0.5) is 0 Å². The zero-order valence-electron chi connectivity index (χ0n) is 11.1. The Kier molecular flexibility index (Phi) is 3.75. The van der Waals surface area contributed by atoms with E-state index in [0.29, 0.717) is 24.5 Å². The number of hydrogen-bond donors (Lipinski definition) is 1. The Hall–Kier alpha value is -0.910. The molecule has 1 aromatic rings. The minimum Gasteiger partial charge on any atom is -0.312 e. The summed E-state index contributed by atoms with van der Waals surface area (Å²) >= 11 is 0. The van der Waals surface area contributed by atoms with E-state index >= 15 is 0 Å². The fraction of sp³-hybridized carbons (Fsp3) is 0.538. The number of piperazine rings is 1. The Morgan fingerprint density at radius 1 is 1.33 bits per heavy atom. The van der Waals surface area contributed by atoms with Gasteiger partial charge in [0.05, 0.1) is 4.90 Å². The fourth-order valence-corrected chi connectivity index (χ4v) is 4.08. The summed E-state index contributed by atoms with van der Waals surface area (Å²) in [6.45, 7) is 7.56. The van der Waals surface area contributed by atoms with Crippen molar-refractivity contribution in [3.63, 3.8) is 0 Å². The topological polar surface area (TPSA) is 49.4 Å². The van der Waals surface area contributed by atoms with E-state index < -0.39 is 10.0 Å². The van der Waals surface area contributed by atoms with Gasteiger partial charge in [-0.05, 0) is 38.0 Å². The average Bonchev–Trinajstić information content (AvgIpc) is 2.32. The highest BCUT2D eigenvalue weighted by molar-refractivity contribution is 7.89. The van der Waals surface area contributed by atoms with Gasteiger partial charge in [0, 0.05) is 25.7 Å². The highest BCUT2D eigenvalue weighted by atomic mass is 32.2. The standard InChI is InChI=1S/C13H20N2O2S/c1-10-4-5-11(2)13(8-10)18(16,17)15-7-6-14-12(3)9-15/h4-5,8,12,14H,6-7,9H2,1-3H3/t12-/m0/s1. The van der Waals surface area contributed by atoms with Gasteiger partial charge in [0.15, 0.2) is 0 Å². The molecule has 0 amide bonds. The van der Waals surface area contributed by atoms with Gasteiger partial charge in [-0.3, -0.25) is 0 Å². The zero-order valence-corrected chi connectivity index (χ0v) is 11.9. The van der Waals surface area contributed by atoms with Crippen molar-refractivity contribution in [2.75, 3.05) is 19.6 Å². The second kappa shape index (κ2) is 4.99. The first kappa shape index (κ1) is 13.5. The molecule has 1 aliphatic rings. The second-order valence-corrected chi connectivity index (χ2v) is 6.89. The minimum atomic E-state index is -3.35. The quantitative estimate of drug-likeness (QED) is 0.879. The average molecular weight is 268 g/mol. The molecular weight excluding hydrogens is 248 g/mol. The molecule has 5 heteroatoms. The number of nitrogens with one attached hydrogen (secondary N) is 1. The van der Waals surface area contributed by atoms with Gasteiger partial charge in [0.25, 0.3) is 0 Å². The van der Waals surface area contributed by atoms with Gasteiger partial charge in [0.1, 0.15) is 0 Å². The highest BCUT2D eigenvalue weighted by Gasteiger charge is 2.29. The number of benzene rings is 1. The first-order valence-electron chi connectivity index (χ1n) is 6.22. The van der Waals surface area contributed by atoms with Gasteiger partial charge >= 0.3 is 0 Å². The van der Waals surface area contributed by atoms with Crippen molar-refractivity contribution < 1.29 is 8.42 Å². The van der Waals surface area contributed by atoms with Crippen LogP contribution >= 0.6 is 0 Å². The summed E-state index contributed by atoms with van der Waals surface area (Å²) in [5.41, 5.74) is 1.79. The third-order valence-corrected chi connectivity index (χ3v) is 5.30. The molecule has 1 aromatic carbocycles. The van der Waals surface area contributed by atoms with Crippen LogP contribution in [0, 0.1) is 13.8 Å². The molecule has 0 unspecified atom stereocenters. The van der Waals surface area contributed by atoms with Crippen LogP contribution in [0.2, 0.25) is 0 Å². The van der Waals surface area contributed by atoms with E-state index in [9.17, 15) is 8.42 Å². The van der Waals surface area contributed by atoms with Gasteiger partial charge in [-0.2, -0.15) is 4.31 Å². The third kappa shape index (κ3) is 2.58. The molecule has 1 saturated heterocycles. The summed E-state index contributed by atoms with van der Waals surface area (Å²) in [7, 11) is -3.35. The predicted octanol–water partition coefficient (Wildman–Crippen LogP) is 1.29. The van der Waals surface area contributed by atoms with E-state index in [1.807, 2.05) is 32.9 Å². The Morgan fingerprint density at radius 2 is 2.06 bits per heavy atom. The van der Waals surface area contributed by atoms with Crippen LogP contribution in [-0.2, 0) is 10.0 Å². The van der Waals surface area contributed by atoms with E-state index in [4.69, 9.17) is 0 Å². The molecule has 1 aliphatic heterocycles. The molecule has 1 N–H and O–H groups in total. The summed E-state index contributed by atoms with van der Waals surface area (Å²) in [5.74, 6) is 0. The lowest BCUT2D eigenvalue weighted by molar-refractivity contribution is 0.310. The number of rotatable bonds is 2. The van der Waals surface area contributed by atoms with Crippen LogP contribution in [0.1, 0.15) is 18.1 Å². The molecule has 0 saturated carbocycles. The molecule has 18 heavy (non-hydrogen) atoms. The van der Waals surface area contributed by atoms with E-state index in [-0.39, 0.29) is 6.04 Å². The van der Waals surface area contributed by atoms with Gasteiger partial charge in [-0.1, -0.05) is 12.1 Å². The van der Waals surface area contributed by atoms with Crippen LogP contribution < -0.4 is 5.32 Å². The van der Waals surface area contributed by atoms with Crippen molar-refractivity contribution in [2.45, 2.75) is 31.7 Å². The lowest BCUT2D eigenvalue weighted by Crippen LogP contribution is -2.51. The number of sulfonamides is 1. The van der Waals surface area contributed by atoms with Crippen molar-refractivity contribution in [1.29, 1.82) is 0 Å². The van der Waals surface area contributed by atoms with Gasteiger partial charge in [-0.15, -0.1) is 0 Å². The monoisotopic (exact) mass is 268 g/mol. The summed E-state index contributed by atoms with van der Waals surface area (Å²) in [4.78, 5) is 0.441. The molecule has 2 rings (SSSR count). The Labute approximate surface area is 109 Å². The Balaban J connectivity index is 2.38. The van der Waals surface area contributed by atoms with Crippen LogP contribution in [0.3, 0.4) is 0 Å². The lowest BCUT2D eigenvalue weighted by Gasteiger charge is -2.31. The summed E-state index contributed by atoms with van der Waals surface area (Å²) < 4.78 is 26.8. The van der Waals surface area contributed by atoms with Crippen molar-refractivity contribution in [1.82, 2.24) is 9.62 Å². The molecule has 1 heterocycles. The predicted molar refractivity (Wildman–Crippen MR) is 72.1 cm³/mol. The first-order chi connectivity index (χ1) is 8.41. The van der Waals surface area contributed by atoms with Crippen molar-refractivity contribution in [3.8, 4) is 0 Å². The van der Waals surface area contributed by atoms with E-state index in [0.717, 1.165) is 11.1 Å². The maximum absolute atomic E-state index is 12.6. The molecular formula is C13H20N2O2S. The fourth-order valence-electron chi connectivity index (χ4n) is 2.24. The van der Waals surface area contributed by atoms with Gasteiger partial charge < -0.3 is 5.32 Å². The van der Waals surface area contributed by atoms with Gasteiger partial charge in [0.2, 0.25) is 10.0 Å². The minimum absolute atomic E-state index is 0.207. The maximum atomic E-state index is 12.6. The zero-order chi connectivity index (χ0) is 13.3. The first-order valence-corrected chi connectivity index (χ1v) is 7.66. The van der Waals surface area contributed by atoms with Crippen LogP contribution in [0.15, 0.2) is 23.1 Å². The SMILES string of the molecule is Cc1ccc(C)c(S(=O)(=O)N2CCN[C@@H](C)C2)c1. The third-order valence-electron chi connectivity index (χ3n) is 3.29. The number of aryl methyl sites for hydroxylation is 2.